The number of hydrogen-bond donors (Lipinski definition) is 1. The van der Waals surface area contributed by atoms with Gasteiger partial charge < -0.3 is 9.88 Å². The first-order valence-electron chi connectivity index (χ1n) is 10.2. The standard InChI is InChI=1S/C21H25N5OS/c1-14-19(16-7-3-4-8-17(16)22-14)18(27)13-28-21-24-23-20(26(21)15-9-10-15)25-11-5-2-6-12-25/h3-4,7-8,15,22H,2,5-6,9-13H2,1H3. The number of aromatic amines is 1. The van der Waals surface area contributed by atoms with Crippen LogP contribution >= 0.6 is 11.8 Å². The predicted molar refractivity (Wildman–Crippen MR) is 112 cm³/mol. The van der Waals surface area contributed by atoms with Gasteiger partial charge in [-0.1, -0.05) is 30.0 Å². The molecule has 1 aliphatic heterocycles. The molecule has 0 radical (unpaired) electrons. The molecule has 0 spiro atoms. The van der Waals surface area contributed by atoms with Gasteiger partial charge in [0.05, 0.1) is 5.75 Å². The third-order valence-electron chi connectivity index (χ3n) is 5.70. The first-order chi connectivity index (χ1) is 13.7. The van der Waals surface area contributed by atoms with Crippen LogP contribution in [0.15, 0.2) is 29.4 Å². The summed E-state index contributed by atoms with van der Waals surface area (Å²) in [5.41, 5.74) is 2.75. The van der Waals surface area contributed by atoms with E-state index in [1.54, 1.807) is 0 Å². The van der Waals surface area contributed by atoms with Gasteiger partial charge in [-0.15, -0.1) is 10.2 Å². The van der Waals surface area contributed by atoms with Gasteiger partial charge in [0.1, 0.15) is 0 Å². The quantitative estimate of drug-likeness (QED) is 0.496. The number of carbonyl (C=O) groups is 1. The van der Waals surface area contributed by atoms with E-state index in [1.165, 1.54) is 43.9 Å². The number of piperidine rings is 1. The molecule has 1 aliphatic carbocycles. The Bertz CT molecular complexity index is 1010. The van der Waals surface area contributed by atoms with Crippen molar-refractivity contribution in [2.24, 2.45) is 0 Å². The van der Waals surface area contributed by atoms with E-state index >= 15 is 0 Å². The van der Waals surface area contributed by atoms with Crippen LogP contribution in [-0.4, -0.2) is 44.4 Å². The molecular formula is C21H25N5OS. The number of H-pyrrole nitrogens is 1. The van der Waals surface area contributed by atoms with Crippen LogP contribution in [0.1, 0.15) is 54.2 Å². The summed E-state index contributed by atoms with van der Waals surface area (Å²) >= 11 is 1.52. The maximum absolute atomic E-state index is 13.0. The lowest BCUT2D eigenvalue weighted by Crippen LogP contribution is -2.31. The monoisotopic (exact) mass is 395 g/mol. The summed E-state index contributed by atoms with van der Waals surface area (Å²) in [5, 5.41) is 10.9. The van der Waals surface area contributed by atoms with Crippen LogP contribution in [0.3, 0.4) is 0 Å². The molecule has 3 heterocycles. The van der Waals surface area contributed by atoms with Crippen LogP contribution in [0.2, 0.25) is 0 Å². The molecule has 3 aromatic rings. The van der Waals surface area contributed by atoms with E-state index in [-0.39, 0.29) is 5.78 Å². The number of carbonyl (C=O) groups excluding carboxylic acids is 1. The fourth-order valence-corrected chi connectivity index (χ4v) is 5.04. The van der Waals surface area contributed by atoms with Gasteiger partial charge in [-0.25, -0.2) is 0 Å². The Kier molecular flexibility index (Phi) is 4.62. The summed E-state index contributed by atoms with van der Waals surface area (Å²) in [6.45, 7) is 4.09. The smallest absolute Gasteiger partial charge is 0.228 e. The van der Waals surface area contributed by atoms with Gasteiger partial charge in [-0.2, -0.15) is 0 Å². The Hall–Kier alpha value is -2.28. The number of Topliss-reactive ketones (excluding diaryl/α,β-unsaturated/α-hetero) is 1. The van der Waals surface area contributed by atoms with Crippen molar-refractivity contribution >= 4 is 34.4 Å². The topological polar surface area (TPSA) is 66.8 Å². The fourth-order valence-electron chi connectivity index (χ4n) is 4.17. The lowest BCUT2D eigenvalue weighted by atomic mass is 10.1. The molecule has 2 aromatic heterocycles. The number of hydrogen-bond acceptors (Lipinski definition) is 5. The molecule has 2 aliphatic rings. The largest absolute Gasteiger partial charge is 0.358 e. The summed E-state index contributed by atoms with van der Waals surface area (Å²) in [7, 11) is 0. The molecule has 7 heteroatoms. The maximum atomic E-state index is 13.0. The first-order valence-corrected chi connectivity index (χ1v) is 11.1. The number of nitrogens with one attached hydrogen (secondary N) is 1. The van der Waals surface area contributed by atoms with Crippen molar-refractivity contribution in [3.8, 4) is 0 Å². The van der Waals surface area contributed by atoms with Gasteiger partial charge in [0.25, 0.3) is 0 Å². The van der Waals surface area contributed by atoms with E-state index in [0.29, 0.717) is 11.8 Å². The Morgan fingerprint density at radius 1 is 1.18 bits per heavy atom. The highest BCUT2D eigenvalue weighted by Crippen LogP contribution is 2.41. The number of nitrogens with zero attached hydrogens (tertiary/aromatic N) is 4. The second-order valence-electron chi connectivity index (χ2n) is 7.81. The maximum Gasteiger partial charge on any atom is 0.228 e. The lowest BCUT2D eigenvalue weighted by Gasteiger charge is -2.27. The zero-order chi connectivity index (χ0) is 19.1. The molecule has 0 unspecified atom stereocenters. The van der Waals surface area contributed by atoms with Crippen molar-refractivity contribution < 1.29 is 4.79 Å². The zero-order valence-electron chi connectivity index (χ0n) is 16.1. The van der Waals surface area contributed by atoms with Crippen molar-refractivity contribution in [1.29, 1.82) is 0 Å². The fraction of sp³-hybridized carbons (Fsp3) is 0.476. The van der Waals surface area contributed by atoms with E-state index in [2.05, 4.69) is 24.6 Å². The molecule has 1 saturated carbocycles. The molecule has 1 aromatic carbocycles. The molecule has 28 heavy (non-hydrogen) atoms. The number of anilines is 1. The van der Waals surface area contributed by atoms with Crippen molar-refractivity contribution in [2.75, 3.05) is 23.7 Å². The van der Waals surface area contributed by atoms with E-state index in [1.807, 2.05) is 31.2 Å². The van der Waals surface area contributed by atoms with Crippen LogP contribution in [0.4, 0.5) is 5.95 Å². The highest BCUT2D eigenvalue weighted by molar-refractivity contribution is 7.99. The van der Waals surface area contributed by atoms with Gasteiger partial charge in [-0.05, 0) is 45.1 Å². The van der Waals surface area contributed by atoms with Gasteiger partial charge in [0.2, 0.25) is 5.95 Å². The molecule has 0 bridgehead atoms. The van der Waals surface area contributed by atoms with Crippen LogP contribution in [0.25, 0.3) is 10.9 Å². The number of para-hydroxylation sites is 1. The van der Waals surface area contributed by atoms with Crippen LogP contribution < -0.4 is 4.90 Å². The average molecular weight is 396 g/mol. The number of rotatable bonds is 6. The first kappa shape index (κ1) is 17.8. The number of fused-ring (bicyclic) bond motifs is 1. The molecule has 0 amide bonds. The minimum Gasteiger partial charge on any atom is -0.358 e. The van der Waals surface area contributed by atoms with Gasteiger partial charge in [-0.3, -0.25) is 9.36 Å². The summed E-state index contributed by atoms with van der Waals surface area (Å²) in [5.74, 6) is 1.53. The molecule has 2 fully saturated rings. The summed E-state index contributed by atoms with van der Waals surface area (Å²) in [6.07, 6.45) is 6.11. The van der Waals surface area contributed by atoms with Crippen molar-refractivity contribution in [2.45, 2.75) is 50.2 Å². The Morgan fingerprint density at radius 3 is 2.75 bits per heavy atom. The summed E-state index contributed by atoms with van der Waals surface area (Å²) < 4.78 is 2.28. The van der Waals surface area contributed by atoms with Crippen molar-refractivity contribution in [1.82, 2.24) is 19.7 Å². The van der Waals surface area contributed by atoms with E-state index in [4.69, 9.17) is 0 Å². The third kappa shape index (κ3) is 3.21. The molecule has 0 atom stereocenters. The molecule has 1 N–H and O–H groups in total. The van der Waals surface area contributed by atoms with Gasteiger partial charge in [0, 0.05) is 41.3 Å². The molecule has 146 valence electrons. The number of thioether (sulfide) groups is 1. The molecule has 1 saturated heterocycles. The van der Waals surface area contributed by atoms with E-state index in [9.17, 15) is 4.79 Å². The Labute approximate surface area is 168 Å². The second-order valence-corrected chi connectivity index (χ2v) is 8.76. The normalized spacial score (nSPS) is 17.4. The van der Waals surface area contributed by atoms with Gasteiger partial charge >= 0.3 is 0 Å². The molecule has 5 rings (SSSR count). The third-order valence-corrected chi connectivity index (χ3v) is 6.65. The molecule has 6 nitrogen and oxygen atoms in total. The summed E-state index contributed by atoms with van der Waals surface area (Å²) in [4.78, 5) is 18.7. The van der Waals surface area contributed by atoms with Gasteiger partial charge in [0.15, 0.2) is 10.9 Å². The van der Waals surface area contributed by atoms with E-state index in [0.717, 1.165) is 46.4 Å². The van der Waals surface area contributed by atoms with E-state index < -0.39 is 0 Å². The van der Waals surface area contributed by atoms with Crippen molar-refractivity contribution in [3.05, 3.63) is 35.5 Å². The minimum atomic E-state index is 0.143. The second kappa shape index (κ2) is 7.28. The van der Waals surface area contributed by atoms with Crippen molar-refractivity contribution in [3.63, 3.8) is 0 Å². The SMILES string of the molecule is Cc1[nH]c2ccccc2c1C(=O)CSc1nnc(N2CCCCC2)n1C1CC1. The zero-order valence-corrected chi connectivity index (χ0v) is 17.0. The molecular weight excluding hydrogens is 370 g/mol. The average Bonchev–Trinajstić information content (AvgIpc) is 3.37. The Balaban J connectivity index is 1.37. The highest BCUT2D eigenvalue weighted by atomic mass is 32.2. The van der Waals surface area contributed by atoms with Crippen LogP contribution in [0.5, 0.6) is 0 Å². The van der Waals surface area contributed by atoms with Crippen LogP contribution in [-0.2, 0) is 0 Å². The number of aromatic nitrogens is 4. The predicted octanol–water partition coefficient (Wildman–Crippen LogP) is 4.37. The number of aryl methyl sites for hydroxylation is 1. The number of benzene rings is 1. The highest BCUT2D eigenvalue weighted by Gasteiger charge is 2.32. The lowest BCUT2D eigenvalue weighted by molar-refractivity contribution is 0.102. The number of ketones is 1. The summed E-state index contributed by atoms with van der Waals surface area (Å²) in [6, 6.07) is 8.49. The minimum absolute atomic E-state index is 0.143. The van der Waals surface area contributed by atoms with Crippen LogP contribution in [0, 0.1) is 6.92 Å². The Morgan fingerprint density at radius 2 is 1.96 bits per heavy atom.